The second-order valence-corrected chi connectivity index (χ2v) is 9.48. The van der Waals surface area contributed by atoms with Crippen molar-refractivity contribution in [3.63, 3.8) is 0 Å². The third-order valence-electron chi connectivity index (χ3n) is 7.74. The fraction of sp³-hybridized carbons (Fsp3) is 0.143. The molecule has 0 unspecified atom stereocenters. The Morgan fingerprint density at radius 1 is 0.774 bits per heavy atom. The van der Waals surface area contributed by atoms with Crippen LogP contribution in [-0.2, 0) is 12.5 Å². The summed E-state index contributed by atoms with van der Waals surface area (Å²) in [7, 11) is 2.18. The standard InChI is InChI=1S/C28H20N2O/c1-28(2)19-9-5-4-7-17(19)26-24(28)18-11-12-21-23-22-15(8-6-10-20(22)29(21)3)16-13-14-31-27(16)30(26)25(18)23/h4-14H,1-3H3. The first-order valence-corrected chi connectivity index (χ1v) is 10.9. The highest BCUT2D eigenvalue weighted by Gasteiger charge is 2.41. The Hall–Kier alpha value is -3.72. The molecule has 0 amide bonds. The molecule has 4 heterocycles. The van der Waals surface area contributed by atoms with Crippen LogP contribution in [0.3, 0.4) is 0 Å². The molecule has 148 valence electrons. The minimum absolute atomic E-state index is 0.0670. The molecule has 1 aliphatic rings. The highest BCUT2D eigenvalue weighted by atomic mass is 16.3. The van der Waals surface area contributed by atoms with Gasteiger partial charge in [0.25, 0.3) is 0 Å². The average Bonchev–Trinajstić information content (AvgIpc) is 3.48. The molecule has 0 atom stereocenters. The smallest absolute Gasteiger partial charge is 0.212 e. The number of nitrogens with zero attached hydrogens (tertiary/aromatic N) is 2. The van der Waals surface area contributed by atoms with E-state index in [1.165, 1.54) is 60.5 Å². The van der Waals surface area contributed by atoms with Crippen molar-refractivity contribution in [2.75, 3.05) is 0 Å². The van der Waals surface area contributed by atoms with Crippen molar-refractivity contribution in [2.45, 2.75) is 19.3 Å². The summed E-state index contributed by atoms with van der Waals surface area (Å²) in [4.78, 5) is 0. The molecule has 7 aromatic rings. The minimum Gasteiger partial charge on any atom is -0.447 e. The lowest BCUT2D eigenvalue weighted by atomic mass is 9.81. The predicted octanol–water partition coefficient (Wildman–Crippen LogP) is 7.23. The van der Waals surface area contributed by atoms with Crippen LogP contribution in [0.5, 0.6) is 0 Å². The third-order valence-corrected chi connectivity index (χ3v) is 7.74. The largest absolute Gasteiger partial charge is 0.447 e. The Balaban J connectivity index is 1.84. The van der Waals surface area contributed by atoms with Crippen molar-refractivity contribution in [3.05, 3.63) is 78.1 Å². The molecule has 8 rings (SSSR count). The predicted molar refractivity (Wildman–Crippen MR) is 127 cm³/mol. The fourth-order valence-electron chi connectivity index (χ4n) is 6.47. The van der Waals surface area contributed by atoms with Crippen molar-refractivity contribution in [1.82, 2.24) is 8.97 Å². The molecule has 3 aromatic carbocycles. The molecule has 0 saturated carbocycles. The average molecular weight is 400 g/mol. The lowest BCUT2D eigenvalue weighted by Crippen LogP contribution is -2.14. The summed E-state index contributed by atoms with van der Waals surface area (Å²) >= 11 is 0. The number of hydrogen-bond acceptors (Lipinski definition) is 1. The van der Waals surface area contributed by atoms with Gasteiger partial charge in [-0.3, -0.25) is 4.40 Å². The van der Waals surface area contributed by atoms with Gasteiger partial charge in [0.2, 0.25) is 5.71 Å². The van der Waals surface area contributed by atoms with Gasteiger partial charge in [0, 0.05) is 45.1 Å². The van der Waals surface area contributed by atoms with E-state index in [2.05, 4.69) is 90.5 Å². The van der Waals surface area contributed by atoms with Crippen LogP contribution < -0.4 is 0 Å². The zero-order chi connectivity index (χ0) is 20.6. The maximum absolute atomic E-state index is 6.24. The number of furan rings is 1. The van der Waals surface area contributed by atoms with E-state index < -0.39 is 0 Å². The van der Waals surface area contributed by atoms with Gasteiger partial charge in [0.15, 0.2) is 0 Å². The van der Waals surface area contributed by atoms with Crippen molar-refractivity contribution in [2.24, 2.45) is 7.05 Å². The fourth-order valence-corrected chi connectivity index (χ4v) is 6.47. The molecule has 0 radical (unpaired) electrons. The molecule has 31 heavy (non-hydrogen) atoms. The first-order chi connectivity index (χ1) is 15.1. The van der Waals surface area contributed by atoms with E-state index in [4.69, 9.17) is 4.42 Å². The van der Waals surface area contributed by atoms with E-state index in [0.717, 1.165) is 11.1 Å². The van der Waals surface area contributed by atoms with E-state index in [0.29, 0.717) is 0 Å². The molecule has 0 saturated heterocycles. The topological polar surface area (TPSA) is 22.5 Å². The lowest BCUT2D eigenvalue weighted by Gasteiger charge is -2.21. The normalized spacial score (nSPS) is 15.2. The summed E-state index contributed by atoms with van der Waals surface area (Å²) in [6.45, 7) is 4.71. The molecular formula is C28H20N2O. The summed E-state index contributed by atoms with van der Waals surface area (Å²) in [6.07, 6.45) is 1.84. The first-order valence-electron chi connectivity index (χ1n) is 10.9. The van der Waals surface area contributed by atoms with E-state index in [1.807, 2.05) is 6.26 Å². The zero-order valence-electron chi connectivity index (χ0n) is 17.7. The second kappa shape index (κ2) is 4.78. The lowest BCUT2D eigenvalue weighted by molar-refractivity contribution is 0.599. The Morgan fingerprint density at radius 2 is 1.61 bits per heavy atom. The molecule has 0 fully saturated rings. The number of benzene rings is 3. The summed E-state index contributed by atoms with van der Waals surface area (Å²) in [6, 6.07) is 22.2. The number of rotatable bonds is 0. The Morgan fingerprint density at radius 3 is 2.52 bits per heavy atom. The number of aryl methyl sites for hydroxylation is 1. The second-order valence-electron chi connectivity index (χ2n) is 9.48. The molecule has 0 N–H and O–H groups in total. The van der Waals surface area contributed by atoms with Crippen LogP contribution in [-0.4, -0.2) is 8.97 Å². The third kappa shape index (κ3) is 1.54. The monoisotopic (exact) mass is 400 g/mol. The Labute approximate surface area is 178 Å². The van der Waals surface area contributed by atoms with Gasteiger partial charge in [-0.25, -0.2) is 0 Å². The Bertz CT molecular complexity index is 1870. The van der Waals surface area contributed by atoms with Crippen molar-refractivity contribution in [3.8, 4) is 11.3 Å². The van der Waals surface area contributed by atoms with Crippen molar-refractivity contribution < 1.29 is 4.42 Å². The number of fused-ring (bicyclic) bond motifs is 8. The minimum atomic E-state index is -0.0670. The maximum Gasteiger partial charge on any atom is 0.212 e. The molecule has 4 aromatic heterocycles. The van der Waals surface area contributed by atoms with Crippen LogP contribution in [0.2, 0.25) is 0 Å². The summed E-state index contributed by atoms with van der Waals surface area (Å²) in [5.74, 6) is 0. The van der Waals surface area contributed by atoms with Crippen LogP contribution in [0.25, 0.3) is 60.5 Å². The van der Waals surface area contributed by atoms with Crippen molar-refractivity contribution in [1.29, 1.82) is 0 Å². The highest BCUT2D eigenvalue weighted by molar-refractivity contribution is 6.30. The van der Waals surface area contributed by atoms with E-state index in [1.54, 1.807) is 0 Å². The van der Waals surface area contributed by atoms with Gasteiger partial charge in [-0.05, 0) is 34.7 Å². The van der Waals surface area contributed by atoms with Gasteiger partial charge in [0.05, 0.1) is 23.0 Å². The summed E-state index contributed by atoms with van der Waals surface area (Å²) < 4.78 is 11.0. The van der Waals surface area contributed by atoms with Gasteiger partial charge in [-0.2, -0.15) is 0 Å². The Kier molecular flexibility index (Phi) is 2.47. The van der Waals surface area contributed by atoms with Gasteiger partial charge in [-0.15, -0.1) is 0 Å². The quantitative estimate of drug-likeness (QED) is 0.263. The van der Waals surface area contributed by atoms with E-state index in [-0.39, 0.29) is 5.41 Å². The van der Waals surface area contributed by atoms with Gasteiger partial charge >= 0.3 is 0 Å². The van der Waals surface area contributed by atoms with Gasteiger partial charge in [0.1, 0.15) is 0 Å². The van der Waals surface area contributed by atoms with Crippen LogP contribution >= 0.6 is 0 Å². The summed E-state index contributed by atoms with van der Waals surface area (Å²) in [5.41, 5.74) is 10.1. The maximum atomic E-state index is 6.24. The summed E-state index contributed by atoms with van der Waals surface area (Å²) in [5, 5.41) is 6.41. The number of hydrogen-bond donors (Lipinski definition) is 0. The van der Waals surface area contributed by atoms with Crippen LogP contribution in [0.1, 0.15) is 25.0 Å². The SMILES string of the molecule is Cn1c2cccc3c4ccoc4n4c5c(c6ccc1c(c32)c64)C(C)(C)c1ccccc1-5. The molecule has 3 nitrogen and oxygen atoms in total. The molecule has 0 aliphatic heterocycles. The first kappa shape index (κ1) is 16.0. The van der Waals surface area contributed by atoms with Gasteiger partial charge < -0.3 is 8.98 Å². The van der Waals surface area contributed by atoms with Crippen LogP contribution in [0.4, 0.5) is 0 Å². The van der Waals surface area contributed by atoms with Gasteiger partial charge in [-0.1, -0.05) is 56.3 Å². The molecule has 3 heteroatoms. The van der Waals surface area contributed by atoms with Crippen molar-refractivity contribution >= 4 is 49.2 Å². The van der Waals surface area contributed by atoms with Crippen LogP contribution in [0, 0.1) is 0 Å². The molecule has 0 bridgehead atoms. The zero-order valence-corrected chi connectivity index (χ0v) is 17.7. The van der Waals surface area contributed by atoms with Crippen LogP contribution in [0.15, 0.2) is 71.3 Å². The molecule has 1 aliphatic carbocycles. The van der Waals surface area contributed by atoms with E-state index >= 15 is 0 Å². The number of aromatic nitrogens is 2. The molecular weight excluding hydrogens is 380 g/mol. The van der Waals surface area contributed by atoms with E-state index in [9.17, 15) is 0 Å². The highest BCUT2D eigenvalue weighted by Crippen LogP contribution is 2.55. The molecule has 0 spiro atoms.